The SMILES string of the molecule is COCC(C)NC(N)=NCc1cn2ccsc2n1. The summed E-state index contributed by atoms with van der Waals surface area (Å²) in [6.45, 7) is 3.06. The van der Waals surface area contributed by atoms with Gasteiger partial charge in [-0.25, -0.2) is 9.98 Å². The molecule has 0 saturated carbocycles. The van der Waals surface area contributed by atoms with E-state index in [1.165, 1.54) is 0 Å². The Morgan fingerprint density at radius 3 is 3.28 bits per heavy atom. The van der Waals surface area contributed by atoms with Gasteiger partial charge in [-0.1, -0.05) is 0 Å². The zero-order valence-electron chi connectivity index (χ0n) is 10.5. The summed E-state index contributed by atoms with van der Waals surface area (Å²) in [6.07, 6.45) is 3.93. The third kappa shape index (κ3) is 3.21. The molecule has 2 heterocycles. The van der Waals surface area contributed by atoms with Crippen molar-refractivity contribution in [1.29, 1.82) is 0 Å². The molecule has 0 aromatic carbocycles. The number of aliphatic imine (C=N–C) groups is 1. The Morgan fingerprint density at radius 1 is 1.72 bits per heavy atom. The molecule has 0 bridgehead atoms. The van der Waals surface area contributed by atoms with E-state index < -0.39 is 0 Å². The first kappa shape index (κ1) is 12.8. The maximum absolute atomic E-state index is 5.77. The molecule has 0 amide bonds. The lowest BCUT2D eigenvalue weighted by molar-refractivity contribution is 0.179. The van der Waals surface area contributed by atoms with Crippen molar-refractivity contribution in [2.45, 2.75) is 19.5 Å². The minimum Gasteiger partial charge on any atom is -0.383 e. The second-order valence-corrected chi connectivity index (χ2v) is 4.90. The molecule has 1 atom stereocenters. The number of rotatable bonds is 5. The van der Waals surface area contributed by atoms with Gasteiger partial charge in [0.05, 0.1) is 18.8 Å². The molecule has 0 fully saturated rings. The van der Waals surface area contributed by atoms with Crippen molar-refractivity contribution in [3.63, 3.8) is 0 Å². The lowest BCUT2D eigenvalue weighted by Gasteiger charge is -2.12. The second-order valence-electron chi connectivity index (χ2n) is 4.03. The number of nitrogens with one attached hydrogen (secondary N) is 1. The van der Waals surface area contributed by atoms with Gasteiger partial charge in [-0.2, -0.15) is 0 Å². The molecule has 1 unspecified atom stereocenters. The quantitative estimate of drug-likeness (QED) is 0.621. The molecule has 2 rings (SSSR count). The number of hydrogen-bond acceptors (Lipinski definition) is 4. The molecule has 0 spiro atoms. The Kier molecular flexibility index (Phi) is 4.16. The van der Waals surface area contributed by atoms with E-state index in [4.69, 9.17) is 10.5 Å². The Bertz CT molecular complexity index is 504. The fourth-order valence-electron chi connectivity index (χ4n) is 1.61. The predicted molar refractivity (Wildman–Crippen MR) is 72.9 cm³/mol. The Balaban J connectivity index is 1.91. The largest absolute Gasteiger partial charge is 0.383 e. The van der Waals surface area contributed by atoms with Crippen LogP contribution in [0.1, 0.15) is 12.6 Å². The van der Waals surface area contributed by atoms with Gasteiger partial charge in [0.15, 0.2) is 10.9 Å². The zero-order chi connectivity index (χ0) is 13.0. The van der Waals surface area contributed by atoms with Gasteiger partial charge in [0.25, 0.3) is 0 Å². The summed E-state index contributed by atoms with van der Waals surface area (Å²) in [6, 6.07) is 0.143. The fourth-order valence-corrected chi connectivity index (χ4v) is 2.33. The van der Waals surface area contributed by atoms with Crippen LogP contribution in [0.3, 0.4) is 0 Å². The molecular weight excluding hydrogens is 250 g/mol. The van der Waals surface area contributed by atoms with Crippen LogP contribution in [0, 0.1) is 0 Å². The van der Waals surface area contributed by atoms with E-state index in [2.05, 4.69) is 15.3 Å². The predicted octanol–water partition coefficient (Wildman–Crippen LogP) is 0.835. The van der Waals surface area contributed by atoms with Crippen LogP contribution >= 0.6 is 11.3 Å². The van der Waals surface area contributed by atoms with Gasteiger partial charge in [0.1, 0.15) is 0 Å². The number of imidazole rings is 1. The highest BCUT2D eigenvalue weighted by Gasteiger charge is 2.03. The van der Waals surface area contributed by atoms with E-state index >= 15 is 0 Å². The molecule has 0 aliphatic carbocycles. The normalized spacial score (nSPS) is 14.0. The Morgan fingerprint density at radius 2 is 2.56 bits per heavy atom. The monoisotopic (exact) mass is 267 g/mol. The molecule has 18 heavy (non-hydrogen) atoms. The van der Waals surface area contributed by atoms with Crippen LogP contribution in [0.25, 0.3) is 4.96 Å². The molecule has 0 saturated heterocycles. The number of fused-ring (bicyclic) bond motifs is 1. The summed E-state index contributed by atoms with van der Waals surface area (Å²) < 4.78 is 6.99. The third-order valence-electron chi connectivity index (χ3n) is 2.37. The number of ether oxygens (including phenoxy) is 1. The smallest absolute Gasteiger partial charge is 0.193 e. The molecule has 2 aromatic heterocycles. The minimum atomic E-state index is 0.143. The van der Waals surface area contributed by atoms with E-state index in [1.807, 2.05) is 29.1 Å². The van der Waals surface area contributed by atoms with Gasteiger partial charge in [-0.3, -0.25) is 4.40 Å². The van der Waals surface area contributed by atoms with Crippen LogP contribution < -0.4 is 11.1 Å². The number of hydrogen-bond donors (Lipinski definition) is 2. The summed E-state index contributed by atoms with van der Waals surface area (Å²) in [5.41, 5.74) is 6.68. The molecule has 2 aromatic rings. The highest BCUT2D eigenvalue weighted by atomic mass is 32.1. The zero-order valence-corrected chi connectivity index (χ0v) is 11.3. The van der Waals surface area contributed by atoms with Crippen molar-refractivity contribution in [2.75, 3.05) is 13.7 Å². The van der Waals surface area contributed by atoms with Gasteiger partial charge >= 0.3 is 0 Å². The van der Waals surface area contributed by atoms with E-state index in [-0.39, 0.29) is 6.04 Å². The van der Waals surface area contributed by atoms with Crippen LogP contribution in [0.5, 0.6) is 0 Å². The van der Waals surface area contributed by atoms with Gasteiger partial charge in [-0.05, 0) is 6.92 Å². The van der Waals surface area contributed by atoms with Crippen LogP contribution in [-0.4, -0.2) is 35.1 Å². The number of guanidine groups is 1. The van der Waals surface area contributed by atoms with Crippen molar-refractivity contribution in [2.24, 2.45) is 10.7 Å². The topological polar surface area (TPSA) is 76.9 Å². The molecular formula is C11H17N5OS. The molecule has 7 heteroatoms. The molecule has 3 N–H and O–H groups in total. The van der Waals surface area contributed by atoms with Crippen molar-refractivity contribution in [3.8, 4) is 0 Å². The number of aromatic nitrogens is 2. The lowest BCUT2D eigenvalue weighted by Crippen LogP contribution is -2.40. The highest BCUT2D eigenvalue weighted by Crippen LogP contribution is 2.11. The van der Waals surface area contributed by atoms with Gasteiger partial charge in [-0.15, -0.1) is 11.3 Å². The van der Waals surface area contributed by atoms with E-state index in [0.29, 0.717) is 19.1 Å². The summed E-state index contributed by atoms with van der Waals surface area (Å²) in [7, 11) is 1.66. The lowest BCUT2D eigenvalue weighted by atomic mass is 10.4. The number of thiazole rings is 1. The summed E-state index contributed by atoms with van der Waals surface area (Å²) in [5, 5.41) is 5.05. The van der Waals surface area contributed by atoms with Crippen LogP contribution in [-0.2, 0) is 11.3 Å². The van der Waals surface area contributed by atoms with E-state index in [0.717, 1.165) is 10.7 Å². The van der Waals surface area contributed by atoms with Gasteiger partial charge in [0, 0.05) is 30.9 Å². The Hall–Kier alpha value is -1.60. The first-order chi connectivity index (χ1) is 8.69. The highest BCUT2D eigenvalue weighted by molar-refractivity contribution is 7.15. The second kappa shape index (κ2) is 5.83. The summed E-state index contributed by atoms with van der Waals surface area (Å²) in [4.78, 5) is 9.65. The standard InChI is InChI=1S/C11H17N5OS/c1-8(7-17-2)14-10(12)13-5-9-6-16-3-4-18-11(16)15-9/h3-4,6,8H,5,7H2,1-2H3,(H3,12,13,14). The maximum atomic E-state index is 5.77. The number of nitrogens with two attached hydrogens (primary N) is 1. The molecule has 0 aliphatic rings. The van der Waals surface area contributed by atoms with Crippen molar-refractivity contribution < 1.29 is 4.74 Å². The van der Waals surface area contributed by atoms with Gasteiger partial charge in [0.2, 0.25) is 0 Å². The fraction of sp³-hybridized carbons (Fsp3) is 0.455. The van der Waals surface area contributed by atoms with Crippen LogP contribution in [0.4, 0.5) is 0 Å². The average molecular weight is 267 g/mol. The van der Waals surface area contributed by atoms with E-state index in [1.54, 1.807) is 18.4 Å². The third-order valence-corrected chi connectivity index (χ3v) is 3.14. The minimum absolute atomic E-state index is 0.143. The summed E-state index contributed by atoms with van der Waals surface area (Å²) in [5.74, 6) is 0.413. The number of methoxy groups -OCH3 is 1. The van der Waals surface area contributed by atoms with Crippen LogP contribution in [0.2, 0.25) is 0 Å². The average Bonchev–Trinajstić information content (AvgIpc) is 2.86. The van der Waals surface area contributed by atoms with Crippen molar-refractivity contribution in [3.05, 3.63) is 23.5 Å². The molecule has 98 valence electrons. The Labute approximate surface area is 109 Å². The molecule has 0 aliphatic heterocycles. The number of nitrogens with zero attached hydrogens (tertiary/aromatic N) is 3. The van der Waals surface area contributed by atoms with Crippen molar-refractivity contribution >= 4 is 22.3 Å². The first-order valence-electron chi connectivity index (χ1n) is 5.65. The van der Waals surface area contributed by atoms with Crippen molar-refractivity contribution in [1.82, 2.24) is 14.7 Å². The van der Waals surface area contributed by atoms with Crippen LogP contribution in [0.15, 0.2) is 22.8 Å². The molecule has 0 radical (unpaired) electrons. The molecule has 6 nitrogen and oxygen atoms in total. The van der Waals surface area contributed by atoms with Gasteiger partial charge < -0.3 is 15.8 Å². The summed E-state index contributed by atoms with van der Waals surface area (Å²) >= 11 is 1.60. The maximum Gasteiger partial charge on any atom is 0.193 e. The first-order valence-corrected chi connectivity index (χ1v) is 6.53. The van der Waals surface area contributed by atoms with E-state index in [9.17, 15) is 0 Å².